The molecule has 1 fully saturated rings. The van der Waals surface area contributed by atoms with Gasteiger partial charge in [0.15, 0.2) is 0 Å². The van der Waals surface area contributed by atoms with Gasteiger partial charge in [0, 0.05) is 24.4 Å². The van der Waals surface area contributed by atoms with Gasteiger partial charge < -0.3 is 10.2 Å². The lowest BCUT2D eigenvalue weighted by molar-refractivity contribution is -0.121. The first kappa shape index (κ1) is 14.5. The highest BCUT2D eigenvalue weighted by atomic mass is 32.1. The van der Waals surface area contributed by atoms with Crippen LogP contribution in [0.1, 0.15) is 21.9 Å². The van der Waals surface area contributed by atoms with E-state index in [9.17, 15) is 4.79 Å². The van der Waals surface area contributed by atoms with Gasteiger partial charge in [-0.05, 0) is 37.3 Å². The number of hydrogen-bond donors (Lipinski definition) is 1. The van der Waals surface area contributed by atoms with Gasteiger partial charge in [-0.15, -0.1) is 21.5 Å². The Labute approximate surface area is 132 Å². The van der Waals surface area contributed by atoms with Gasteiger partial charge in [0.1, 0.15) is 5.01 Å². The van der Waals surface area contributed by atoms with E-state index in [-0.39, 0.29) is 11.9 Å². The van der Waals surface area contributed by atoms with Crippen LogP contribution in [0, 0.1) is 13.8 Å². The van der Waals surface area contributed by atoms with Crippen molar-refractivity contribution in [3.05, 3.63) is 26.9 Å². The predicted molar refractivity (Wildman–Crippen MR) is 86.2 cm³/mol. The molecule has 0 unspecified atom stereocenters. The SMILES string of the molecule is Cc1nnc(N2CC(NC(=O)CCc3sccc3C)C2)s1. The maximum absolute atomic E-state index is 11.9. The van der Waals surface area contributed by atoms with Crippen molar-refractivity contribution in [3.63, 3.8) is 0 Å². The number of nitrogens with one attached hydrogen (secondary N) is 1. The molecule has 2 aromatic rings. The number of carbonyl (C=O) groups excluding carboxylic acids is 1. The number of thiophene rings is 1. The minimum absolute atomic E-state index is 0.140. The molecule has 0 spiro atoms. The van der Waals surface area contributed by atoms with Crippen molar-refractivity contribution in [3.8, 4) is 0 Å². The maximum Gasteiger partial charge on any atom is 0.220 e. The van der Waals surface area contributed by atoms with E-state index in [4.69, 9.17) is 0 Å². The van der Waals surface area contributed by atoms with Crippen LogP contribution in [0.25, 0.3) is 0 Å². The van der Waals surface area contributed by atoms with E-state index in [0.717, 1.165) is 29.6 Å². The number of rotatable bonds is 5. The summed E-state index contributed by atoms with van der Waals surface area (Å²) in [4.78, 5) is 15.4. The maximum atomic E-state index is 11.9. The van der Waals surface area contributed by atoms with E-state index >= 15 is 0 Å². The zero-order valence-electron chi connectivity index (χ0n) is 12.1. The average molecular weight is 322 g/mol. The Morgan fingerprint density at radius 2 is 2.24 bits per heavy atom. The molecule has 1 amide bonds. The quantitative estimate of drug-likeness (QED) is 0.916. The predicted octanol–water partition coefficient (Wildman–Crippen LogP) is 2.15. The van der Waals surface area contributed by atoms with E-state index in [2.05, 4.69) is 38.8 Å². The lowest BCUT2D eigenvalue weighted by atomic mass is 10.1. The molecule has 3 heterocycles. The van der Waals surface area contributed by atoms with Crippen molar-refractivity contribution >= 4 is 33.7 Å². The first-order valence-corrected chi connectivity index (χ1v) is 8.69. The lowest BCUT2D eigenvalue weighted by Gasteiger charge is -2.39. The number of carbonyl (C=O) groups is 1. The van der Waals surface area contributed by atoms with E-state index < -0.39 is 0 Å². The van der Waals surface area contributed by atoms with Gasteiger partial charge in [-0.2, -0.15) is 0 Å². The molecular weight excluding hydrogens is 304 g/mol. The summed E-state index contributed by atoms with van der Waals surface area (Å²) in [6, 6.07) is 2.34. The molecule has 1 aliphatic rings. The second kappa shape index (κ2) is 6.11. The number of anilines is 1. The van der Waals surface area contributed by atoms with E-state index in [0.29, 0.717) is 6.42 Å². The summed E-state index contributed by atoms with van der Waals surface area (Å²) in [5.74, 6) is 0.140. The first-order valence-electron chi connectivity index (χ1n) is 6.99. The Morgan fingerprint density at radius 1 is 1.43 bits per heavy atom. The highest BCUT2D eigenvalue weighted by molar-refractivity contribution is 7.15. The molecule has 1 aliphatic heterocycles. The van der Waals surface area contributed by atoms with Gasteiger partial charge in [-0.25, -0.2) is 0 Å². The lowest BCUT2D eigenvalue weighted by Crippen LogP contribution is -2.59. The van der Waals surface area contributed by atoms with Crippen LogP contribution in [0.5, 0.6) is 0 Å². The Morgan fingerprint density at radius 3 is 2.86 bits per heavy atom. The Bertz CT molecular complexity index is 630. The van der Waals surface area contributed by atoms with Crippen LogP contribution in [-0.4, -0.2) is 35.2 Å². The third-order valence-corrected chi connectivity index (χ3v) is 5.56. The van der Waals surface area contributed by atoms with Crippen LogP contribution >= 0.6 is 22.7 Å². The molecule has 0 bridgehead atoms. The highest BCUT2D eigenvalue weighted by Gasteiger charge is 2.30. The molecule has 1 N–H and O–H groups in total. The van der Waals surface area contributed by atoms with Crippen LogP contribution in [0.3, 0.4) is 0 Å². The number of hydrogen-bond acceptors (Lipinski definition) is 6. The molecular formula is C14H18N4OS2. The minimum Gasteiger partial charge on any atom is -0.350 e. The van der Waals surface area contributed by atoms with Crippen molar-refractivity contribution in [2.75, 3.05) is 18.0 Å². The van der Waals surface area contributed by atoms with Crippen molar-refractivity contribution in [1.82, 2.24) is 15.5 Å². The second-order valence-corrected chi connectivity index (χ2v) is 7.46. The summed E-state index contributed by atoms with van der Waals surface area (Å²) in [6.45, 7) is 5.71. The summed E-state index contributed by atoms with van der Waals surface area (Å²) < 4.78 is 0. The van der Waals surface area contributed by atoms with Gasteiger partial charge in [-0.3, -0.25) is 4.79 Å². The van der Waals surface area contributed by atoms with Crippen LogP contribution in [0.2, 0.25) is 0 Å². The summed E-state index contributed by atoms with van der Waals surface area (Å²) in [6.07, 6.45) is 1.40. The standard InChI is InChI=1S/C14H18N4OS2/c1-9-5-6-20-12(9)3-4-13(19)15-11-7-18(8-11)14-17-16-10(2)21-14/h5-6,11H,3-4,7-8H2,1-2H3,(H,15,19). The van der Waals surface area contributed by atoms with Gasteiger partial charge in [0.2, 0.25) is 11.0 Å². The minimum atomic E-state index is 0.140. The molecule has 5 nitrogen and oxygen atoms in total. The van der Waals surface area contributed by atoms with Crippen molar-refractivity contribution in [2.24, 2.45) is 0 Å². The van der Waals surface area contributed by atoms with Crippen LogP contribution in [0.4, 0.5) is 5.13 Å². The van der Waals surface area contributed by atoms with Gasteiger partial charge in [0.25, 0.3) is 0 Å². The Hall–Kier alpha value is -1.47. The van der Waals surface area contributed by atoms with Crippen molar-refractivity contribution in [2.45, 2.75) is 32.7 Å². The fourth-order valence-electron chi connectivity index (χ4n) is 2.33. The molecule has 3 rings (SSSR count). The topological polar surface area (TPSA) is 58.1 Å². The van der Waals surface area contributed by atoms with Crippen LogP contribution < -0.4 is 10.2 Å². The van der Waals surface area contributed by atoms with Crippen molar-refractivity contribution < 1.29 is 4.79 Å². The summed E-state index contributed by atoms with van der Waals surface area (Å²) in [5.41, 5.74) is 1.29. The number of aryl methyl sites for hydroxylation is 3. The summed E-state index contributed by atoms with van der Waals surface area (Å²) in [7, 11) is 0. The van der Waals surface area contributed by atoms with Crippen LogP contribution in [0.15, 0.2) is 11.4 Å². The molecule has 2 aromatic heterocycles. The van der Waals surface area contributed by atoms with Crippen LogP contribution in [-0.2, 0) is 11.2 Å². The van der Waals surface area contributed by atoms with Gasteiger partial charge >= 0.3 is 0 Å². The average Bonchev–Trinajstić information content (AvgIpc) is 3.00. The Balaban J connectivity index is 1.40. The zero-order valence-corrected chi connectivity index (χ0v) is 13.8. The molecule has 0 aliphatic carbocycles. The Kier molecular flexibility index (Phi) is 4.21. The molecule has 0 aromatic carbocycles. The fourth-order valence-corrected chi connectivity index (χ4v) is 3.94. The third-order valence-electron chi connectivity index (χ3n) is 3.58. The monoisotopic (exact) mass is 322 g/mol. The molecule has 7 heteroatoms. The summed E-state index contributed by atoms with van der Waals surface area (Å²) in [5, 5.41) is 15.2. The largest absolute Gasteiger partial charge is 0.350 e. The zero-order chi connectivity index (χ0) is 14.8. The molecule has 112 valence electrons. The summed E-state index contributed by atoms with van der Waals surface area (Å²) >= 11 is 3.32. The third kappa shape index (κ3) is 3.41. The number of aromatic nitrogens is 2. The number of nitrogens with zero attached hydrogens (tertiary/aromatic N) is 3. The fraction of sp³-hybridized carbons (Fsp3) is 0.500. The molecule has 0 radical (unpaired) electrons. The van der Waals surface area contributed by atoms with E-state index in [1.54, 1.807) is 22.7 Å². The smallest absolute Gasteiger partial charge is 0.220 e. The molecule has 0 saturated carbocycles. The molecule has 0 atom stereocenters. The number of amides is 1. The van der Waals surface area contributed by atoms with E-state index in [1.165, 1.54) is 10.4 Å². The first-order chi connectivity index (χ1) is 10.1. The van der Waals surface area contributed by atoms with Crippen molar-refractivity contribution in [1.29, 1.82) is 0 Å². The van der Waals surface area contributed by atoms with E-state index in [1.807, 2.05) is 6.92 Å². The normalized spacial score (nSPS) is 15.0. The second-order valence-electron chi connectivity index (χ2n) is 5.30. The van der Waals surface area contributed by atoms with Gasteiger partial charge in [-0.1, -0.05) is 11.3 Å². The molecule has 1 saturated heterocycles. The molecule has 21 heavy (non-hydrogen) atoms. The highest BCUT2D eigenvalue weighted by Crippen LogP contribution is 2.24. The van der Waals surface area contributed by atoms with Gasteiger partial charge in [0.05, 0.1) is 6.04 Å².